The second kappa shape index (κ2) is 7.44. The second-order valence-electron chi connectivity index (χ2n) is 6.74. The van der Waals surface area contributed by atoms with Crippen molar-refractivity contribution < 1.29 is 22.9 Å². The zero-order valence-electron chi connectivity index (χ0n) is 15.7. The van der Waals surface area contributed by atoms with E-state index in [0.29, 0.717) is 11.3 Å². The normalized spacial score (nSPS) is 11.2. The van der Waals surface area contributed by atoms with Gasteiger partial charge in [-0.05, 0) is 35.0 Å². The molecule has 0 N–H and O–H groups in total. The van der Waals surface area contributed by atoms with Crippen LogP contribution in [0.3, 0.4) is 0 Å². The minimum atomic E-state index is -0.496. The molecule has 0 amide bonds. The number of nitrogens with zero attached hydrogens (tertiary/aromatic N) is 2. The number of aromatic nitrogens is 2. The lowest BCUT2D eigenvalue weighted by molar-refractivity contribution is -0.145. The molecule has 0 aliphatic heterocycles. The molecule has 0 unspecified atom stereocenters. The molecule has 0 saturated heterocycles. The average Bonchev–Trinajstić information content (AvgIpc) is 3.39. The minimum absolute atomic E-state index is 0.0304. The van der Waals surface area contributed by atoms with Gasteiger partial charge in [0.1, 0.15) is 23.6 Å². The summed E-state index contributed by atoms with van der Waals surface area (Å²) in [6, 6.07) is 19.8. The van der Waals surface area contributed by atoms with Crippen LogP contribution < -0.4 is 0 Å². The van der Waals surface area contributed by atoms with E-state index in [0.717, 1.165) is 16.2 Å². The molecule has 2 aromatic heterocycles. The van der Waals surface area contributed by atoms with Gasteiger partial charge >= 0.3 is 5.97 Å². The van der Waals surface area contributed by atoms with Gasteiger partial charge in [0.25, 0.3) is 5.89 Å². The van der Waals surface area contributed by atoms with Gasteiger partial charge in [0.15, 0.2) is 6.61 Å². The lowest BCUT2D eigenvalue weighted by Gasteiger charge is -1.99. The number of carbonyl (C=O) groups excluding carboxylic acids is 1. The quantitative estimate of drug-likeness (QED) is 0.382. The Hall–Kier alpha value is -4.00. The molecule has 0 fully saturated rings. The van der Waals surface area contributed by atoms with Crippen molar-refractivity contribution in [3.05, 3.63) is 84.2 Å². The van der Waals surface area contributed by atoms with E-state index in [2.05, 4.69) is 10.1 Å². The van der Waals surface area contributed by atoms with Crippen LogP contribution in [-0.2, 0) is 22.6 Å². The van der Waals surface area contributed by atoms with Crippen molar-refractivity contribution in [3.63, 3.8) is 0 Å². The lowest BCUT2D eigenvalue weighted by atomic mass is 10.1. The van der Waals surface area contributed by atoms with Gasteiger partial charge in [-0.15, -0.1) is 0 Å². The third kappa shape index (κ3) is 3.41. The first-order valence-electron chi connectivity index (χ1n) is 9.31. The SMILES string of the molecule is O=C(Cc1cc2c(ccc3ccccc32)o1)OCc1nc(-c2ccccc2F)no1. The third-order valence-electron chi connectivity index (χ3n) is 4.74. The van der Waals surface area contributed by atoms with Gasteiger partial charge < -0.3 is 13.7 Å². The van der Waals surface area contributed by atoms with E-state index < -0.39 is 11.8 Å². The van der Waals surface area contributed by atoms with Crippen LogP contribution in [0.5, 0.6) is 0 Å². The van der Waals surface area contributed by atoms with Crippen LogP contribution in [0.4, 0.5) is 4.39 Å². The van der Waals surface area contributed by atoms with E-state index >= 15 is 0 Å². The van der Waals surface area contributed by atoms with Gasteiger partial charge in [0, 0.05) is 5.39 Å². The van der Waals surface area contributed by atoms with E-state index in [1.807, 2.05) is 42.5 Å². The summed E-state index contributed by atoms with van der Waals surface area (Å²) in [6.45, 7) is -0.205. The summed E-state index contributed by atoms with van der Waals surface area (Å²) in [5.74, 6) is -0.271. The first-order valence-corrected chi connectivity index (χ1v) is 9.31. The molecule has 0 aliphatic rings. The largest absolute Gasteiger partial charge is 0.460 e. The highest BCUT2D eigenvalue weighted by molar-refractivity contribution is 6.06. The van der Waals surface area contributed by atoms with Gasteiger partial charge in [-0.1, -0.05) is 47.6 Å². The molecule has 5 rings (SSSR count). The molecule has 0 atom stereocenters. The maximum absolute atomic E-state index is 13.8. The number of fused-ring (bicyclic) bond motifs is 3. The molecule has 0 saturated carbocycles. The molecule has 148 valence electrons. The van der Waals surface area contributed by atoms with Crippen molar-refractivity contribution in [2.24, 2.45) is 0 Å². The van der Waals surface area contributed by atoms with Crippen LogP contribution in [0.25, 0.3) is 33.1 Å². The molecule has 0 bridgehead atoms. The fourth-order valence-corrected chi connectivity index (χ4v) is 3.33. The Morgan fingerprint density at radius 1 is 1.00 bits per heavy atom. The van der Waals surface area contributed by atoms with E-state index in [-0.39, 0.29) is 30.3 Å². The summed E-state index contributed by atoms with van der Waals surface area (Å²) in [5.41, 5.74) is 0.927. The minimum Gasteiger partial charge on any atom is -0.460 e. The predicted molar refractivity (Wildman–Crippen MR) is 107 cm³/mol. The number of halogens is 1. The zero-order chi connectivity index (χ0) is 20.5. The Balaban J connectivity index is 1.27. The van der Waals surface area contributed by atoms with E-state index in [9.17, 15) is 9.18 Å². The summed E-state index contributed by atoms with van der Waals surface area (Å²) < 4.78 is 29.8. The van der Waals surface area contributed by atoms with Gasteiger partial charge in [-0.2, -0.15) is 4.98 Å². The van der Waals surface area contributed by atoms with Crippen LogP contribution in [0.15, 0.2) is 75.7 Å². The second-order valence-corrected chi connectivity index (χ2v) is 6.74. The van der Waals surface area contributed by atoms with Crippen molar-refractivity contribution in [1.29, 1.82) is 0 Å². The Labute approximate surface area is 169 Å². The standard InChI is InChI=1S/C23H15FN2O4/c24-19-8-4-3-7-17(19)23-25-21(30-26-23)13-28-22(27)12-15-11-18-16-6-2-1-5-14(16)9-10-20(18)29-15/h1-11H,12-13H2. The summed E-state index contributed by atoms with van der Waals surface area (Å²) >= 11 is 0. The molecular formula is C23H15FN2O4. The first-order chi connectivity index (χ1) is 14.7. The number of hydrogen-bond donors (Lipinski definition) is 0. The molecule has 0 aliphatic carbocycles. The van der Waals surface area contributed by atoms with Gasteiger partial charge in [-0.25, -0.2) is 4.39 Å². The lowest BCUT2D eigenvalue weighted by Crippen LogP contribution is -2.07. The molecule has 5 aromatic rings. The summed E-state index contributed by atoms with van der Waals surface area (Å²) in [4.78, 5) is 16.3. The molecule has 6 nitrogen and oxygen atoms in total. The summed E-state index contributed by atoms with van der Waals surface area (Å²) in [5, 5.41) is 6.84. The van der Waals surface area contributed by atoms with Crippen molar-refractivity contribution >= 4 is 27.7 Å². The molecule has 2 heterocycles. The van der Waals surface area contributed by atoms with Gasteiger partial charge in [0.05, 0.1) is 5.56 Å². The monoisotopic (exact) mass is 402 g/mol. The number of ether oxygens (including phenoxy) is 1. The van der Waals surface area contributed by atoms with E-state index in [4.69, 9.17) is 13.7 Å². The van der Waals surface area contributed by atoms with Crippen LogP contribution in [0.2, 0.25) is 0 Å². The topological polar surface area (TPSA) is 78.4 Å². The Morgan fingerprint density at radius 3 is 2.73 bits per heavy atom. The van der Waals surface area contributed by atoms with Gasteiger partial charge in [-0.3, -0.25) is 4.79 Å². The maximum Gasteiger partial charge on any atom is 0.313 e. The zero-order valence-corrected chi connectivity index (χ0v) is 15.7. The van der Waals surface area contributed by atoms with Crippen LogP contribution in [0.1, 0.15) is 11.7 Å². The van der Waals surface area contributed by atoms with Crippen LogP contribution in [0, 0.1) is 5.82 Å². The first kappa shape index (κ1) is 18.1. The van der Waals surface area contributed by atoms with Crippen molar-refractivity contribution in [1.82, 2.24) is 10.1 Å². The summed E-state index contributed by atoms with van der Waals surface area (Å²) in [6.07, 6.45) is -0.0304. The average molecular weight is 402 g/mol. The van der Waals surface area contributed by atoms with Crippen molar-refractivity contribution in [2.45, 2.75) is 13.0 Å². The van der Waals surface area contributed by atoms with E-state index in [1.54, 1.807) is 18.2 Å². The van der Waals surface area contributed by atoms with Crippen molar-refractivity contribution in [2.75, 3.05) is 0 Å². The fraction of sp³-hybridized carbons (Fsp3) is 0.0870. The highest BCUT2D eigenvalue weighted by Gasteiger charge is 2.16. The predicted octanol–water partition coefficient (Wildman–Crippen LogP) is 5.06. The smallest absolute Gasteiger partial charge is 0.313 e. The number of esters is 1. The van der Waals surface area contributed by atoms with Crippen LogP contribution in [-0.4, -0.2) is 16.1 Å². The number of rotatable bonds is 5. The number of furan rings is 1. The Bertz CT molecular complexity index is 1370. The van der Waals surface area contributed by atoms with Crippen LogP contribution >= 0.6 is 0 Å². The third-order valence-corrected chi connectivity index (χ3v) is 4.74. The van der Waals surface area contributed by atoms with Crippen molar-refractivity contribution in [3.8, 4) is 11.4 Å². The fourth-order valence-electron chi connectivity index (χ4n) is 3.33. The molecule has 7 heteroatoms. The highest BCUT2D eigenvalue weighted by atomic mass is 19.1. The number of carbonyl (C=O) groups is 1. The van der Waals surface area contributed by atoms with Gasteiger partial charge in [0.2, 0.25) is 5.82 Å². The maximum atomic E-state index is 13.8. The molecule has 0 radical (unpaired) electrons. The number of benzene rings is 3. The molecule has 3 aromatic carbocycles. The highest BCUT2D eigenvalue weighted by Crippen LogP contribution is 2.28. The summed E-state index contributed by atoms with van der Waals surface area (Å²) in [7, 11) is 0. The Kier molecular flexibility index (Phi) is 4.48. The molecule has 30 heavy (non-hydrogen) atoms. The molecular weight excluding hydrogens is 387 g/mol. The molecule has 0 spiro atoms. The Morgan fingerprint density at radius 2 is 1.83 bits per heavy atom. The number of hydrogen-bond acceptors (Lipinski definition) is 6. The van der Waals surface area contributed by atoms with E-state index in [1.165, 1.54) is 6.07 Å².